The molecule has 0 fully saturated rings. The van der Waals surface area contributed by atoms with E-state index in [1.165, 1.54) is 38.5 Å². The summed E-state index contributed by atoms with van der Waals surface area (Å²) in [7, 11) is 0. The average Bonchev–Trinajstić information content (AvgIpc) is 2.45. The van der Waals surface area contributed by atoms with Gasteiger partial charge in [0.1, 0.15) is 0 Å². The lowest BCUT2D eigenvalue weighted by atomic mass is 9.82. The summed E-state index contributed by atoms with van der Waals surface area (Å²) in [6, 6.07) is 0. The van der Waals surface area contributed by atoms with Crippen LogP contribution in [0.4, 0.5) is 0 Å². The molecule has 2 heteroatoms. The Morgan fingerprint density at radius 3 is 1.50 bits per heavy atom. The first-order valence-corrected chi connectivity index (χ1v) is 8.81. The topological polar surface area (TPSA) is 37.3 Å². The van der Waals surface area contributed by atoms with Crippen molar-refractivity contribution in [2.24, 2.45) is 17.8 Å². The fourth-order valence-electron chi connectivity index (χ4n) is 3.07. The molecule has 2 unspecified atom stereocenters. The van der Waals surface area contributed by atoms with Gasteiger partial charge in [0.25, 0.3) is 0 Å². The van der Waals surface area contributed by atoms with Gasteiger partial charge in [-0.2, -0.15) is 0 Å². The van der Waals surface area contributed by atoms with E-state index in [0.29, 0.717) is 11.8 Å². The molecular formula is C18H36O2. The second kappa shape index (κ2) is 12.2. The minimum atomic E-state index is -0.574. The summed E-state index contributed by atoms with van der Waals surface area (Å²) in [5.74, 6) is 0.493. The van der Waals surface area contributed by atoms with Crippen molar-refractivity contribution in [1.29, 1.82) is 0 Å². The minimum Gasteiger partial charge on any atom is -0.481 e. The molecule has 20 heavy (non-hydrogen) atoms. The Morgan fingerprint density at radius 2 is 1.25 bits per heavy atom. The maximum atomic E-state index is 11.5. The fourth-order valence-corrected chi connectivity index (χ4v) is 3.07. The summed E-state index contributed by atoms with van der Waals surface area (Å²) < 4.78 is 0. The molecule has 1 N–H and O–H groups in total. The third kappa shape index (κ3) is 8.60. The highest BCUT2D eigenvalue weighted by molar-refractivity contribution is 5.69. The van der Waals surface area contributed by atoms with Crippen molar-refractivity contribution in [1.82, 2.24) is 0 Å². The molecule has 0 saturated heterocycles. The van der Waals surface area contributed by atoms with Crippen molar-refractivity contribution in [3.05, 3.63) is 0 Å². The fraction of sp³-hybridized carbons (Fsp3) is 0.944. The maximum absolute atomic E-state index is 11.5. The molecular weight excluding hydrogens is 248 g/mol. The Kier molecular flexibility index (Phi) is 11.9. The van der Waals surface area contributed by atoms with Gasteiger partial charge >= 0.3 is 5.97 Å². The molecule has 2 nitrogen and oxygen atoms in total. The SMILES string of the molecule is CCCCC(CC)CC(CC(CC)CCCC)C(=O)O. The molecule has 0 bridgehead atoms. The van der Waals surface area contributed by atoms with Crippen LogP contribution in [0, 0.1) is 17.8 Å². The van der Waals surface area contributed by atoms with Crippen LogP contribution < -0.4 is 0 Å². The summed E-state index contributed by atoms with van der Waals surface area (Å²) >= 11 is 0. The maximum Gasteiger partial charge on any atom is 0.306 e. The number of unbranched alkanes of at least 4 members (excludes halogenated alkanes) is 2. The summed E-state index contributed by atoms with van der Waals surface area (Å²) in [6.45, 7) is 8.82. The molecule has 0 aromatic carbocycles. The zero-order chi connectivity index (χ0) is 15.4. The quantitative estimate of drug-likeness (QED) is 0.457. The number of carbonyl (C=O) groups is 1. The highest BCUT2D eigenvalue weighted by Crippen LogP contribution is 2.29. The van der Waals surface area contributed by atoms with E-state index in [9.17, 15) is 9.90 Å². The number of carboxylic acids is 1. The molecule has 0 amide bonds. The van der Waals surface area contributed by atoms with E-state index in [1.54, 1.807) is 0 Å². The van der Waals surface area contributed by atoms with Crippen LogP contribution in [0.25, 0.3) is 0 Å². The van der Waals surface area contributed by atoms with Gasteiger partial charge in [-0.25, -0.2) is 0 Å². The van der Waals surface area contributed by atoms with Crippen LogP contribution in [-0.2, 0) is 4.79 Å². The van der Waals surface area contributed by atoms with Crippen LogP contribution in [-0.4, -0.2) is 11.1 Å². The van der Waals surface area contributed by atoms with Crippen molar-refractivity contribution in [2.75, 3.05) is 0 Å². The molecule has 0 spiro atoms. The molecule has 0 aliphatic rings. The van der Waals surface area contributed by atoms with E-state index >= 15 is 0 Å². The molecule has 0 aliphatic heterocycles. The van der Waals surface area contributed by atoms with Gasteiger partial charge in [0.05, 0.1) is 5.92 Å². The van der Waals surface area contributed by atoms with Gasteiger partial charge in [-0.3, -0.25) is 4.79 Å². The number of hydrogen-bond acceptors (Lipinski definition) is 1. The number of rotatable bonds is 13. The Hall–Kier alpha value is -0.530. The first-order valence-electron chi connectivity index (χ1n) is 8.81. The number of aliphatic carboxylic acids is 1. The summed E-state index contributed by atoms with van der Waals surface area (Å²) in [5, 5.41) is 9.51. The zero-order valence-corrected chi connectivity index (χ0v) is 14.2. The molecule has 0 aromatic rings. The lowest BCUT2D eigenvalue weighted by molar-refractivity contribution is -0.143. The van der Waals surface area contributed by atoms with Gasteiger partial charge in [-0.1, -0.05) is 79.1 Å². The first kappa shape index (κ1) is 19.5. The summed E-state index contributed by atoms with van der Waals surface area (Å²) in [4.78, 5) is 11.5. The van der Waals surface area contributed by atoms with E-state index < -0.39 is 5.97 Å². The Labute approximate surface area is 126 Å². The zero-order valence-electron chi connectivity index (χ0n) is 14.2. The van der Waals surface area contributed by atoms with Crippen LogP contribution in [0.2, 0.25) is 0 Å². The predicted octanol–water partition coefficient (Wildman–Crippen LogP) is 5.90. The molecule has 0 radical (unpaired) electrons. The van der Waals surface area contributed by atoms with E-state index in [0.717, 1.165) is 25.7 Å². The predicted molar refractivity (Wildman–Crippen MR) is 87.0 cm³/mol. The van der Waals surface area contributed by atoms with Gasteiger partial charge in [0.2, 0.25) is 0 Å². The molecule has 0 heterocycles. The summed E-state index contributed by atoms with van der Waals surface area (Å²) in [6.07, 6.45) is 11.3. The van der Waals surface area contributed by atoms with E-state index in [2.05, 4.69) is 27.7 Å². The standard InChI is InChI=1S/C18H36O2/c1-5-9-11-15(7-3)13-17(18(19)20)14-16(8-4)12-10-6-2/h15-17H,5-14H2,1-4H3,(H,19,20). The monoisotopic (exact) mass is 284 g/mol. The number of hydrogen-bond donors (Lipinski definition) is 1. The van der Waals surface area contributed by atoms with Crippen molar-refractivity contribution < 1.29 is 9.90 Å². The van der Waals surface area contributed by atoms with Crippen molar-refractivity contribution in [3.63, 3.8) is 0 Å². The second-order valence-corrected chi connectivity index (χ2v) is 6.34. The average molecular weight is 284 g/mol. The van der Waals surface area contributed by atoms with Gasteiger partial charge in [0, 0.05) is 0 Å². The second-order valence-electron chi connectivity index (χ2n) is 6.34. The minimum absolute atomic E-state index is 0.126. The van der Waals surface area contributed by atoms with Gasteiger partial charge in [0.15, 0.2) is 0 Å². The van der Waals surface area contributed by atoms with Crippen LogP contribution in [0.1, 0.15) is 91.9 Å². The normalized spacial score (nSPS) is 15.8. The lowest BCUT2D eigenvalue weighted by Gasteiger charge is -2.23. The Morgan fingerprint density at radius 1 is 0.850 bits per heavy atom. The van der Waals surface area contributed by atoms with Crippen molar-refractivity contribution in [3.8, 4) is 0 Å². The third-order valence-corrected chi connectivity index (χ3v) is 4.67. The highest BCUT2D eigenvalue weighted by atomic mass is 16.4. The molecule has 0 aromatic heterocycles. The van der Waals surface area contributed by atoms with Crippen LogP contribution in [0.3, 0.4) is 0 Å². The molecule has 0 saturated carbocycles. The smallest absolute Gasteiger partial charge is 0.306 e. The third-order valence-electron chi connectivity index (χ3n) is 4.67. The molecule has 0 aliphatic carbocycles. The van der Waals surface area contributed by atoms with Crippen molar-refractivity contribution in [2.45, 2.75) is 91.9 Å². The van der Waals surface area contributed by atoms with E-state index in [-0.39, 0.29) is 5.92 Å². The molecule has 2 atom stereocenters. The van der Waals surface area contributed by atoms with Crippen molar-refractivity contribution >= 4 is 5.97 Å². The van der Waals surface area contributed by atoms with Gasteiger partial charge in [-0.15, -0.1) is 0 Å². The van der Waals surface area contributed by atoms with Crippen LogP contribution in [0.15, 0.2) is 0 Å². The molecule has 120 valence electrons. The van der Waals surface area contributed by atoms with E-state index in [4.69, 9.17) is 0 Å². The summed E-state index contributed by atoms with van der Waals surface area (Å²) in [5.41, 5.74) is 0. The Balaban J connectivity index is 4.41. The van der Waals surface area contributed by atoms with Gasteiger partial charge in [-0.05, 0) is 24.7 Å². The van der Waals surface area contributed by atoms with Gasteiger partial charge < -0.3 is 5.11 Å². The largest absolute Gasteiger partial charge is 0.481 e. The van der Waals surface area contributed by atoms with Crippen LogP contribution in [0.5, 0.6) is 0 Å². The van der Waals surface area contributed by atoms with E-state index in [1.807, 2.05) is 0 Å². The Bertz CT molecular complexity index is 220. The highest BCUT2D eigenvalue weighted by Gasteiger charge is 2.24. The number of carboxylic acid groups (broad SMARTS) is 1. The lowest BCUT2D eigenvalue weighted by Crippen LogP contribution is -2.21. The van der Waals surface area contributed by atoms with Crippen LogP contribution >= 0.6 is 0 Å². The first-order chi connectivity index (χ1) is 9.58. The molecule has 0 rings (SSSR count).